The molecule has 0 unspecified atom stereocenters. The summed E-state index contributed by atoms with van der Waals surface area (Å²) in [6.45, 7) is 0.461. The van der Waals surface area contributed by atoms with E-state index in [1.165, 1.54) is 18.1 Å². The van der Waals surface area contributed by atoms with Gasteiger partial charge in [0.15, 0.2) is 5.65 Å². The molecule has 1 amide bonds. The minimum Gasteiger partial charge on any atom is -0.341 e. The lowest BCUT2D eigenvalue weighted by molar-refractivity contribution is -0.127. The Hall–Kier alpha value is -1.83. The number of hydrogen-bond donors (Lipinski definition) is 0. The molecular weight excluding hydrogens is 381 g/mol. The van der Waals surface area contributed by atoms with Crippen LogP contribution < -0.4 is 0 Å². The van der Waals surface area contributed by atoms with E-state index in [0.717, 1.165) is 21.6 Å². The predicted octanol–water partition coefficient (Wildman–Crippen LogP) is 3.42. The van der Waals surface area contributed by atoms with Crippen LogP contribution in [0.5, 0.6) is 0 Å². The van der Waals surface area contributed by atoms with Crippen LogP contribution in [0.1, 0.15) is 5.56 Å². The third-order valence-corrected chi connectivity index (χ3v) is 5.38. The molecular formula is C16H15Cl2N5OS. The first-order chi connectivity index (χ1) is 12.0. The van der Waals surface area contributed by atoms with E-state index < -0.39 is 0 Å². The first-order valence-electron chi connectivity index (χ1n) is 7.39. The van der Waals surface area contributed by atoms with Crippen molar-refractivity contribution in [3.05, 3.63) is 46.3 Å². The van der Waals surface area contributed by atoms with E-state index in [1.807, 2.05) is 13.1 Å². The second-order valence-corrected chi connectivity index (χ2v) is 7.25. The Morgan fingerprint density at radius 1 is 1.28 bits per heavy atom. The van der Waals surface area contributed by atoms with Gasteiger partial charge in [0.2, 0.25) is 5.91 Å². The summed E-state index contributed by atoms with van der Waals surface area (Å²) in [6.07, 6.45) is 3.19. The molecule has 0 aliphatic rings. The van der Waals surface area contributed by atoms with Crippen molar-refractivity contribution in [2.75, 3.05) is 12.8 Å². The second-order valence-electron chi connectivity index (χ2n) is 5.47. The summed E-state index contributed by atoms with van der Waals surface area (Å²) < 4.78 is 1.68. The van der Waals surface area contributed by atoms with Crippen LogP contribution in [0.25, 0.3) is 11.0 Å². The summed E-state index contributed by atoms with van der Waals surface area (Å²) in [7, 11) is 3.57. The van der Waals surface area contributed by atoms with E-state index in [4.69, 9.17) is 23.2 Å². The highest BCUT2D eigenvalue weighted by Gasteiger charge is 2.14. The number of fused-ring (bicyclic) bond motifs is 1. The van der Waals surface area contributed by atoms with Crippen LogP contribution in [0.4, 0.5) is 0 Å². The number of carbonyl (C=O) groups is 1. The molecule has 0 spiro atoms. The zero-order valence-electron chi connectivity index (χ0n) is 13.6. The van der Waals surface area contributed by atoms with Crippen LogP contribution in [-0.4, -0.2) is 43.4 Å². The first-order valence-corrected chi connectivity index (χ1v) is 9.13. The number of amides is 1. The molecule has 3 aromatic rings. The minimum atomic E-state index is -0.00766. The maximum Gasteiger partial charge on any atom is 0.233 e. The molecule has 0 radical (unpaired) electrons. The standard InChI is InChI=1S/C16H15Cl2N5OS/c1-22(7-10-3-4-12(17)13(18)5-10)14(24)8-25-16-11-6-21-23(2)15(11)19-9-20-16/h3-6,9H,7-8H2,1-2H3. The van der Waals surface area contributed by atoms with Crippen molar-refractivity contribution in [2.45, 2.75) is 11.6 Å². The molecule has 2 heterocycles. The van der Waals surface area contributed by atoms with Gasteiger partial charge in [-0.15, -0.1) is 0 Å². The number of benzene rings is 1. The molecule has 25 heavy (non-hydrogen) atoms. The number of halogens is 2. The molecule has 0 aliphatic carbocycles. The van der Waals surface area contributed by atoms with E-state index in [9.17, 15) is 4.79 Å². The number of nitrogens with zero attached hydrogens (tertiary/aromatic N) is 5. The summed E-state index contributed by atoms with van der Waals surface area (Å²) >= 11 is 13.3. The van der Waals surface area contributed by atoms with Crippen LogP contribution in [0.3, 0.4) is 0 Å². The minimum absolute atomic E-state index is 0.00766. The predicted molar refractivity (Wildman–Crippen MR) is 100.0 cm³/mol. The van der Waals surface area contributed by atoms with Gasteiger partial charge in [-0.25, -0.2) is 9.97 Å². The van der Waals surface area contributed by atoms with Crippen LogP contribution >= 0.6 is 35.0 Å². The molecule has 9 heteroatoms. The van der Waals surface area contributed by atoms with Crippen molar-refractivity contribution in [1.29, 1.82) is 0 Å². The summed E-state index contributed by atoms with van der Waals surface area (Å²) in [5.41, 5.74) is 1.67. The van der Waals surface area contributed by atoms with Gasteiger partial charge in [-0.05, 0) is 17.7 Å². The molecule has 0 bridgehead atoms. The number of aromatic nitrogens is 4. The molecule has 0 aliphatic heterocycles. The summed E-state index contributed by atoms with van der Waals surface area (Å²) in [6, 6.07) is 5.35. The molecule has 130 valence electrons. The van der Waals surface area contributed by atoms with Crippen molar-refractivity contribution < 1.29 is 4.79 Å². The van der Waals surface area contributed by atoms with Crippen LogP contribution in [0, 0.1) is 0 Å². The van der Waals surface area contributed by atoms with Crippen molar-refractivity contribution >= 4 is 51.9 Å². The van der Waals surface area contributed by atoms with Gasteiger partial charge in [-0.2, -0.15) is 5.10 Å². The van der Waals surface area contributed by atoms with Gasteiger partial charge in [0, 0.05) is 20.6 Å². The zero-order chi connectivity index (χ0) is 18.0. The van der Waals surface area contributed by atoms with Crippen LogP contribution in [-0.2, 0) is 18.4 Å². The lowest BCUT2D eigenvalue weighted by Crippen LogP contribution is -2.27. The van der Waals surface area contributed by atoms with E-state index in [-0.39, 0.29) is 11.7 Å². The molecule has 0 fully saturated rings. The molecule has 1 aromatic carbocycles. The number of thioether (sulfide) groups is 1. The Morgan fingerprint density at radius 3 is 2.84 bits per heavy atom. The monoisotopic (exact) mass is 395 g/mol. The van der Waals surface area contributed by atoms with Crippen LogP contribution in [0.15, 0.2) is 35.7 Å². The maximum atomic E-state index is 12.4. The van der Waals surface area contributed by atoms with E-state index in [0.29, 0.717) is 16.6 Å². The van der Waals surface area contributed by atoms with Gasteiger partial charge in [0.1, 0.15) is 11.4 Å². The van der Waals surface area contributed by atoms with Gasteiger partial charge in [-0.1, -0.05) is 41.0 Å². The molecule has 0 N–H and O–H groups in total. The SMILES string of the molecule is CN(Cc1ccc(Cl)c(Cl)c1)C(=O)CSc1ncnc2c1cnn2C. The van der Waals surface area contributed by atoms with Crippen molar-refractivity contribution in [2.24, 2.45) is 7.05 Å². The van der Waals surface area contributed by atoms with E-state index in [2.05, 4.69) is 15.1 Å². The van der Waals surface area contributed by atoms with E-state index in [1.54, 1.807) is 35.0 Å². The van der Waals surface area contributed by atoms with Crippen molar-refractivity contribution in [3.63, 3.8) is 0 Å². The molecule has 2 aromatic heterocycles. The highest BCUT2D eigenvalue weighted by atomic mass is 35.5. The number of aryl methyl sites for hydroxylation is 1. The highest BCUT2D eigenvalue weighted by molar-refractivity contribution is 8.00. The Balaban J connectivity index is 1.64. The summed E-state index contributed by atoms with van der Waals surface area (Å²) in [4.78, 5) is 22.5. The number of carbonyl (C=O) groups excluding carboxylic acids is 1. The molecule has 6 nitrogen and oxygen atoms in total. The molecule has 3 rings (SSSR count). The van der Waals surface area contributed by atoms with Crippen molar-refractivity contribution in [1.82, 2.24) is 24.6 Å². The fraction of sp³-hybridized carbons (Fsp3) is 0.250. The topological polar surface area (TPSA) is 63.9 Å². The number of hydrogen-bond acceptors (Lipinski definition) is 5. The summed E-state index contributed by atoms with van der Waals surface area (Å²) in [5.74, 6) is 0.269. The fourth-order valence-corrected chi connectivity index (χ4v) is 3.52. The van der Waals surface area contributed by atoms with Crippen molar-refractivity contribution in [3.8, 4) is 0 Å². The third kappa shape index (κ3) is 4.05. The number of rotatable bonds is 5. The fourth-order valence-electron chi connectivity index (χ4n) is 2.30. The Morgan fingerprint density at radius 2 is 2.08 bits per heavy atom. The second kappa shape index (κ2) is 7.59. The molecule has 0 saturated carbocycles. The maximum absolute atomic E-state index is 12.4. The normalized spacial score (nSPS) is 11.0. The highest BCUT2D eigenvalue weighted by Crippen LogP contribution is 2.25. The average molecular weight is 396 g/mol. The zero-order valence-corrected chi connectivity index (χ0v) is 15.9. The van der Waals surface area contributed by atoms with Gasteiger partial charge in [0.25, 0.3) is 0 Å². The van der Waals surface area contributed by atoms with Crippen LogP contribution in [0.2, 0.25) is 10.0 Å². The van der Waals surface area contributed by atoms with E-state index >= 15 is 0 Å². The smallest absolute Gasteiger partial charge is 0.233 e. The first kappa shape index (κ1) is 18.0. The summed E-state index contributed by atoms with van der Waals surface area (Å²) in [5, 5.41) is 6.74. The Labute approximate surface area is 159 Å². The largest absolute Gasteiger partial charge is 0.341 e. The van der Waals surface area contributed by atoms with Gasteiger partial charge < -0.3 is 4.90 Å². The Kier molecular flexibility index (Phi) is 5.46. The Bertz CT molecular complexity index is 930. The lowest BCUT2D eigenvalue weighted by atomic mass is 10.2. The lowest BCUT2D eigenvalue weighted by Gasteiger charge is -2.17. The molecule has 0 atom stereocenters. The van der Waals surface area contributed by atoms with Gasteiger partial charge in [0.05, 0.1) is 27.4 Å². The quantitative estimate of drug-likeness (QED) is 0.489. The van der Waals surface area contributed by atoms with Gasteiger partial charge in [-0.3, -0.25) is 9.48 Å². The third-order valence-electron chi connectivity index (χ3n) is 3.65. The average Bonchev–Trinajstić information content (AvgIpc) is 2.98. The molecule has 0 saturated heterocycles. The van der Waals surface area contributed by atoms with Gasteiger partial charge >= 0.3 is 0 Å².